The fraction of sp³-hybridized carbons (Fsp3) is 0.0952. The summed E-state index contributed by atoms with van der Waals surface area (Å²) < 4.78 is 19.7. The molecular weight excluding hydrogens is 329 g/mol. The molecule has 0 aliphatic rings. The number of benzene rings is 3. The van der Waals surface area contributed by atoms with E-state index in [4.69, 9.17) is 10.5 Å². The molecule has 4 nitrogen and oxygen atoms in total. The zero-order valence-electron chi connectivity index (χ0n) is 14.4. The van der Waals surface area contributed by atoms with Gasteiger partial charge in [0.25, 0.3) is 0 Å². The number of aliphatic imine (C=N–C) groups is 1. The molecule has 0 aliphatic heterocycles. The van der Waals surface area contributed by atoms with Gasteiger partial charge >= 0.3 is 0 Å². The Kier molecular flexibility index (Phi) is 5.49. The van der Waals surface area contributed by atoms with E-state index in [1.54, 1.807) is 13.1 Å². The van der Waals surface area contributed by atoms with Crippen LogP contribution < -0.4 is 15.8 Å². The lowest BCUT2D eigenvalue weighted by Gasteiger charge is -2.14. The SMILES string of the molecule is CN=C(N)Nc1ccc(OCc2ccccc2)c(-c2cccc(F)c2)c1. The summed E-state index contributed by atoms with van der Waals surface area (Å²) >= 11 is 0. The van der Waals surface area contributed by atoms with Crippen LogP contribution in [0.5, 0.6) is 5.75 Å². The molecule has 0 saturated heterocycles. The third kappa shape index (κ3) is 4.39. The van der Waals surface area contributed by atoms with E-state index in [1.165, 1.54) is 12.1 Å². The van der Waals surface area contributed by atoms with Gasteiger partial charge in [0.1, 0.15) is 18.2 Å². The lowest BCUT2D eigenvalue weighted by Crippen LogP contribution is -2.21. The fourth-order valence-electron chi connectivity index (χ4n) is 2.55. The van der Waals surface area contributed by atoms with Gasteiger partial charge in [-0.2, -0.15) is 0 Å². The monoisotopic (exact) mass is 349 g/mol. The second-order valence-corrected chi connectivity index (χ2v) is 5.73. The number of nitrogens with one attached hydrogen (secondary N) is 1. The second-order valence-electron chi connectivity index (χ2n) is 5.73. The van der Waals surface area contributed by atoms with Crippen molar-refractivity contribution < 1.29 is 9.13 Å². The third-order valence-corrected chi connectivity index (χ3v) is 3.87. The van der Waals surface area contributed by atoms with E-state index in [0.717, 1.165) is 22.4 Å². The van der Waals surface area contributed by atoms with E-state index in [0.29, 0.717) is 18.3 Å². The minimum absolute atomic E-state index is 0.299. The fourth-order valence-corrected chi connectivity index (χ4v) is 2.55. The average molecular weight is 349 g/mol. The molecule has 0 aromatic heterocycles. The van der Waals surface area contributed by atoms with Crippen molar-refractivity contribution in [3.8, 4) is 16.9 Å². The predicted octanol–water partition coefficient (Wildman–Crippen LogP) is 4.43. The van der Waals surface area contributed by atoms with Crippen molar-refractivity contribution >= 4 is 11.6 Å². The summed E-state index contributed by atoms with van der Waals surface area (Å²) in [6.07, 6.45) is 0. The molecule has 0 spiro atoms. The first-order valence-corrected chi connectivity index (χ1v) is 8.21. The van der Waals surface area contributed by atoms with Crippen molar-refractivity contribution in [3.05, 3.63) is 84.2 Å². The first kappa shape index (κ1) is 17.5. The van der Waals surface area contributed by atoms with Crippen LogP contribution in [0.4, 0.5) is 10.1 Å². The maximum Gasteiger partial charge on any atom is 0.192 e. The van der Waals surface area contributed by atoms with Gasteiger partial charge in [-0.15, -0.1) is 0 Å². The summed E-state index contributed by atoms with van der Waals surface area (Å²) in [5.74, 6) is 0.662. The van der Waals surface area contributed by atoms with Crippen LogP contribution in [0.2, 0.25) is 0 Å². The Balaban J connectivity index is 1.94. The minimum Gasteiger partial charge on any atom is -0.488 e. The number of nitrogens with two attached hydrogens (primary N) is 1. The van der Waals surface area contributed by atoms with E-state index in [2.05, 4.69) is 10.3 Å². The molecule has 3 aromatic carbocycles. The smallest absolute Gasteiger partial charge is 0.192 e. The van der Waals surface area contributed by atoms with Crippen LogP contribution in [0.25, 0.3) is 11.1 Å². The summed E-state index contributed by atoms with van der Waals surface area (Å²) in [5, 5.41) is 3.00. The summed E-state index contributed by atoms with van der Waals surface area (Å²) in [6.45, 7) is 0.425. The van der Waals surface area contributed by atoms with E-state index in [1.807, 2.05) is 54.6 Å². The molecule has 0 heterocycles. The van der Waals surface area contributed by atoms with Gasteiger partial charge in [0.2, 0.25) is 0 Å². The molecule has 0 aliphatic carbocycles. The van der Waals surface area contributed by atoms with Crippen LogP contribution in [0.3, 0.4) is 0 Å². The first-order chi connectivity index (χ1) is 12.7. The van der Waals surface area contributed by atoms with Gasteiger partial charge in [-0.3, -0.25) is 4.99 Å². The van der Waals surface area contributed by atoms with Gasteiger partial charge in [0, 0.05) is 18.3 Å². The maximum absolute atomic E-state index is 13.7. The van der Waals surface area contributed by atoms with E-state index >= 15 is 0 Å². The normalized spacial score (nSPS) is 11.2. The number of anilines is 1. The Hall–Kier alpha value is -3.34. The molecule has 0 unspecified atom stereocenters. The molecule has 132 valence electrons. The summed E-state index contributed by atoms with van der Waals surface area (Å²) in [4.78, 5) is 3.89. The highest BCUT2D eigenvalue weighted by atomic mass is 19.1. The molecule has 0 fully saturated rings. The highest BCUT2D eigenvalue weighted by Gasteiger charge is 2.10. The van der Waals surface area contributed by atoms with Crippen LogP contribution in [0.1, 0.15) is 5.56 Å². The highest BCUT2D eigenvalue weighted by Crippen LogP contribution is 2.33. The van der Waals surface area contributed by atoms with Gasteiger partial charge in [-0.1, -0.05) is 42.5 Å². The number of rotatable bonds is 5. The van der Waals surface area contributed by atoms with Gasteiger partial charge in [-0.05, 0) is 41.5 Å². The Morgan fingerprint density at radius 1 is 1.04 bits per heavy atom. The quantitative estimate of drug-likeness (QED) is 0.529. The first-order valence-electron chi connectivity index (χ1n) is 8.21. The Morgan fingerprint density at radius 3 is 2.58 bits per heavy atom. The molecule has 5 heteroatoms. The van der Waals surface area contributed by atoms with Gasteiger partial charge in [-0.25, -0.2) is 4.39 Å². The third-order valence-electron chi connectivity index (χ3n) is 3.87. The summed E-state index contributed by atoms with van der Waals surface area (Å²) in [6, 6.07) is 21.8. The molecule has 0 bridgehead atoms. The van der Waals surface area contributed by atoms with Gasteiger partial charge in [0.05, 0.1) is 0 Å². The Bertz CT molecular complexity index is 910. The number of guanidine groups is 1. The molecular formula is C21H20FN3O. The van der Waals surface area contributed by atoms with Crippen LogP contribution in [-0.4, -0.2) is 13.0 Å². The molecule has 0 radical (unpaired) electrons. The Morgan fingerprint density at radius 2 is 1.85 bits per heavy atom. The summed E-state index contributed by atoms with van der Waals surface area (Å²) in [5.41, 5.74) is 9.04. The lowest BCUT2D eigenvalue weighted by molar-refractivity contribution is 0.307. The number of nitrogens with zero attached hydrogens (tertiary/aromatic N) is 1. The highest BCUT2D eigenvalue weighted by molar-refractivity contribution is 5.93. The van der Waals surface area contributed by atoms with Crippen molar-refractivity contribution in [2.45, 2.75) is 6.61 Å². The van der Waals surface area contributed by atoms with Crippen molar-refractivity contribution in [2.24, 2.45) is 10.7 Å². The molecule has 3 aromatic rings. The van der Waals surface area contributed by atoms with E-state index < -0.39 is 0 Å². The van der Waals surface area contributed by atoms with E-state index in [-0.39, 0.29) is 5.82 Å². The average Bonchev–Trinajstić information content (AvgIpc) is 2.67. The zero-order chi connectivity index (χ0) is 18.4. The van der Waals surface area contributed by atoms with Crippen molar-refractivity contribution in [2.75, 3.05) is 12.4 Å². The molecule has 0 saturated carbocycles. The molecule has 3 rings (SSSR count). The standard InChI is InChI=1S/C21H20FN3O/c1-24-21(23)25-18-10-11-20(26-14-15-6-3-2-4-7-15)19(13-18)16-8-5-9-17(22)12-16/h2-13H,14H2,1H3,(H3,23,24,25). The van der Waals surface area contributed by atoms with E-state index in [9.17, 15) is 4.39 Å². The Labute approximate surface area is 152 Å². The zero-order valence-corrected chi connectivity index (χ0v) is 14.4. The minimum atomic E-state index is -0.301. The number of ether oxygens (including phenoxy) is 1. The maximum atomic E-state index is 13.7. The van der Waals surface area contributed by atoms with Crippen molar-refractivity contribution in [3.63, 3.8) is 0 Å². The second kappa shape index (κ2) is 8.16. The van der Waals surface area contributed by atoms with Crippen LogP contribution in [-0.2, 0) is 6.61 Å². The van der Waals surface area contributed by atoms with Crippen molar-refractivity contribution in [1.29, 1.82) is 0 Å². The largest absolute Gasteiger partial charge is 0.488 e. The predicted molar refractivity (Wildman–Crippen MR) is 104 cm³/mol. The molecule has 26 heavy (non-hydrogen) atoms. The number of hydrogen-bond donors (Lipinski definition) is 2. The van der Waals surface area contributed by atoms with Crippen LogP contribution in [0, 0.1) is 5.82 Å². The van der Waals surface area contributed by atoms with Gasteiger partial charge in [0.15, 0.2) is 5.96 Å². The number of halogens is 1. The van der Waals surface area contributed by atoms with Gasteiger partial charge < -0.3 is 15.8 Å². The topological polar surface area (TPSA) is 59.6 Å². The van der Waals surface area contributed by atoms with Crippen molar-refractivity contribution in [1.82, 2.24) is 0 Å². The molecule has 0 atom stereocenters. The number of hydrogen-bond acceptors (Lipinski definition) is 2. The van der Waals surface area contributed by atoms with Crippen LogP contribution in [0.15, 0.2) is 77.8 Å². The molecule has 0 amide bonds. The summed E-state index contributed by atoms with van der Waals surface area (Å²) in [7, 11) is 1.60. The lowest BCUT2D eigenvalue weighted by atomic mass is 10.0. The van der Waals surface area contributed by atoms with Crippen LogP contribution >= 0.6 is 0 Å². The molecule has 3 N–H and O–H groups in total.